The Labute approximate surface area is 252 Å². The fourth-order valence-electron chi connectivity index (χ4n) is 5.63. The summed E-state index contributed by atoms with van der Waals surface area (Å²) in [5, 5.41) is 1.76. The average molecular weight is 596 g/mol. The highest BCUT2D eigenvalue weighted by Gasteiger charge is 2.33. The number of esters is 1. The van der Waals surface area contributed by atoms with Gasteiger partial charge in [-0.2, -0.15) is 0 Å². The minimum Gasteiger partial charge on any atom is -0.463 e. The van der Waals surface area contributed by atoms with Gasteiger partial charge in [0.1, 0.15) is 0 Å². The lowest BCUT2D eigenvalue weighted by atomic mass is 9.95. The number of carbonyl (C=O) groups excluding carboxylic acids is 1. The smallest absolute Gasteiger partial charge is 0.338 e. The highest BCUT2D eigenvalue weighted by molar-refractivity contribution is 7.07. The molecule has 1 aliphatic rings. The van der Waals surface area contributed by atoms with E-state index in [2.05, 4.69) is 23.6 Å². The van der Waals surface area contributed by atoms with Crippen molar-refractivity contribution in [3.63, 3.8) is 0 Å². The van der Waals surface area contributed by atoms with Gasteiger partial charge in [0.2, 0.25) is 0 Å². The molecule has 5 aromatic rings. The summed E-state index contributed by atoms with van der Waals surface area (Å²) in [6.07, 6.45) is 1.96. The second kappa shape index (κ2) is 11.2. The Morgan fingerprint density at radius 3 is 2.48 bits per heavy atom. The average Bonchev–Trinajstić information content (AvgIpc) is 3.42. The molecule has 6 nitrogen and oxygen atoms in total. The van der Waals surface area contributed by atoms with E-state index in [-0.39, 0.29) is 12.2 Å². The Balaban J connectivity index is 1.55. The number of nitrogens with zero attached hydrogens (tertiary/aromatic N) is 3. The number of ether oxygens (including phenoxy) is 1. The number of aryl methyl sites for hydroxylation is 1. The Morgan fingerprint density at radius 2 is 1.74 bits per heavy atom. The molecule has 0 bridgehead atoms. The molecule has 0 saturated heterocycles. The van der Waals surface area contributed by atoms with Gasteiger partial charge in [0.15, 0.2) is 4.80 Å². The summed E-state index contributed by atoms with van der Waals surface area (Å²) < 4.78 is 9.84. The van der Waals surface area contributed by atoms with Crippen LogP contribution in [0.4, 0.5) is 0 Å². The lowest BCUT2D eigenvalue weighted by Gasteiger charge is -2.24. The second-order valence-electron chi connectivity index (χ2n) is 10.4. The minimum atomic E-state index is -0.634. The first-order valence-corrected chi connectivity index (χ1v) is 15.1. The molecule has 0 saturated carbocycles. The maximum atomic E-state index is 14.2. The third kappa shape index (κ3) is 4.82. The summed E-state index contributed by atoms with van der Waals surface area (Å²) in [4.78, 5) is 32.6. The largest absolute Gasteiger partial charge is 0.463 e. The molecule has 3 aromatic carbocycles. The number of aromatic nitrogens is 2. The number of hydrogen-bond donors (Lipinski definition) is 0. The first-order valence-electron chi connectivity index (χ1n) is 13.9. The van der Waals surface area contributed by atoms with E-state index in [0.717, 1.165) is 38.9 Å². The number of allylic oxidation sites excluding steroid dienone is 1. The molecule has 0 amide bonds. The number of benzene rings is 3. The van der Waals surface area contributed by atoms with Crippen LogP contribution < -0.4 is 14.9 Å². The Morgan fingerprint density at radius 1 is 1.02 bits per heavy atom. The van der Waals surface area contributed by atoms with Crippen LogP contribution in [0.3, 0.4) is 0 Å². The first-order chi connectivity index (χ1) is 20.3. The summed E-state index contributed by atoms with van der Waals surface area (Å²) in [7, 11) is 0. The molecule has 0 radical (unpaired) electrons. The Hall–Kier alpha value is -4.20. The molecule has 1 aliphatic heterocycles. The van der Waals surface area contributed by atoms with E-state index >= 15 is 0 Å². The predicted molar refractivity (Wildman–Crippen MR) is 169 cm³/mol. The number of rotatable bonds is 6. The number of fused-ring (bicyclic) bond motifs is 2. The molecule has 42 heavy (non-hydrogen) atoms. The third-order valence-corrected chi connectivity index (χ3v) is 9.10. The summed E-state index contributed by atoms with van der Waals surface area (Å²) in [6, 6.07) is 23.3. The summed E-state index contributed by atoms with van der Waals surface area (Å²) in [5.41, 5.74) is 6.75. The number of halogens is 1. The summed E-state index contributed by atoms with van der Waals surface area (Å²) >= 11 is 7.85. The monoisotopic (exact) mass is 595 g/mol. The predicted octanol–water partition coefficient (Wildman–Crippen LogP) is 6.07. The van der Waals surface area contributed by atoms with Crippen LogP contribution in [0.2, 0.25) is 5.02 Å². The van der Waals surface area contributed by atoms with E-state index < -0.39 is 12.0 Å². The van der Waals surface area contributed by atoms with Crippen molar-refractivity contribution in [2.45, 2.75) is 40.3 Å². The van der Waals surface area contributed by atoms with Crippen LogP contribution in [0.15, 0.2) is 93.9 Å². The number of para-hydroxylation sites is 1. The van der Waals surface area contributed by atoms with Crippen LogP contribution in [-0.2, 0) is 16.1 Å². The van der Waals surface area contributed by atoms with Crippen molar-refractivity contribution in [1.82, 2.24) is 9.13 Å². The van der Waals surface area contributed by atoms with Gasteiger partial charge in [-0.25, -0.2) is 9.79 Å². The molecule has 0 aliphatic carbocycles. The molecule has 212 valence electrons. The van der Waals surface area contributed by atoms with Crippen LogP contribution in [0, 0.1) is 13.8 Å². The van der Waals surface area contributed by atoms with Gasteiger partial charge in [0, 0.05) is 33.7 Å². The highest BCUT2D eigenvalue weighted by atomic mass is 35.5. The molecule has 1 atom stereocenters. The molecule has 6 rings (SSSR count). The third-order valence-electron chi connectivity index (χ3n) is 7.75. The van der Waals surface area contributed by atoms with Crippen molar-refractivity contribution >= 4 is 45.9 Å². The topological polar surface area (TPSA) is 65.6 Å². The lowest BCUT2D eigenvalue weighted by Crippen LogP contribution is -2.39. The van der Waals surface area contributed by atoms with Crippen LogP contribution >= 0.6 is 22.9 Å². The van der Waals surface area contributed by atoms with Crippen LogP contribution in [0.1, 0.15) is 47.8 Å². The van der Waals surface area contributed by atoms with Gasteiger partial charge in [-0.3, -0.25) is 9.36 Å². The standard InChI is InChI=1S/C34H30ClN3O3S/c1-5-41-33(40)30-21(3)36-34-38(31(30)23-16-14-20(2)15-17-23)32(39)29(42-34)18-26-22(4)37(28-13-9-7-11-25(26)28)19-24-10-6-8-12-27(24)35/h6-18,31H,5,19H2,1-4H3/b29-18-/t31-/m1/s1. The molecule has 0 unspecified atom stereocenters. The zero-order chi connectivity index (χ0) is 29.5. The zero-order valence-corrected chi connectivity index (χ0v) is 25.4. The van der Waals surface area contributed by atoms with Gasteiger partial charge in [0.25, 0.3) is 5.56 Å². The van der Waals surface area contributed by atoms with Gasteiger partial charge < -0.3 is 9.30 Å². The van der Waals surface area contributed by atoms with E-state index in [1.165, 1.54) is 11.3 Å². The quantitative estimate of drug-likeness (QED) is 0.224. The number of hydrogen-bond acceptors (Lipinski definition) is 5. The van der Waals surface area contributed by atoms with Crippen molar-refractivity contribution in [1.29, 1.82) is 0 Å². The number of thiazole rings is 1. The SMILES string of the molecule is CCOC(=O)C1=C(C)N=c2s/c(=C\c3c(C)n(Cc4ccccc4Cl)c4ccccc34)c(=O)n2[C@@H]1c1ccc(C)cc1. The van der Waals surface area contributed by atoms with Crippen LogP contribution in [0.25, 0.3) is 17.0 Å². The highest BCUT2D eigenvalue weighted by Crippen LogP contribution is 2.32. The normalized spacial score (nSPS) is 15.2. The van der Waals surface area contributed by atoms with E-state index in [1.807, 2.05) is 73.7 Å². The van der Waals surface area contributed by atoms with Crippen molar-refractivity contribution < 1.29 is 9.53 Å². The van der Waals surface area contributed by atoms with Gasteiger partial charge in [-0.15, -0.1) is 0 Å². The maximum absolute atomic E-state index is 14.2. The van der Waals surface area contributed by atoms with E-state index in [0.29, 0.717) is 32.2 Å². The van der Waals surface area contributed by atoms with Crippen molar-refractivity contribution in [2.24, 2.45) is 4.99 Å². The van der Waals surface area contributed by atoms with Gasteiger partial charge >= 0.3 is 5.97 Å². The molecular weight excluding hydrogens is 566 g/mol. The first kappa shape index (κ1) is 27.9. The Bertz CT molecular complexity index is 2070. The molecule has 0 fully saturated rings. The number of carbonyl (C=O) groups is 1. The van der Waals surface area contributed by atoms with E-state index in [9.17, 15) is 9.59 Å². The van der Waals surface area contributed by atoms with Gasteiger partial charge in [-0.05, 0) is 57.0 Å². The van der Waals surface area contributed by atoms with Crippen LogP contribution in [-0.4, -0.2) is 21.7 Å². The molecule has 3 heterocycles. The minimum absolute atomic E-state index is 0.194. The van der Waals surface area contributed by atoms with Crippen molar-refractivity contribution in [3.05, 3.63) is 137 Å². The molecule has 0 spiro atoms. The maximum Gasteiger partial charge on any atom is 0.338 e. The van der Waals surface area contributed by atoms with Crippen molar-refractivity contribution in [3.8, 4) is 0 Å². The lowest BCUT2D eigenvalue weighted by molar-refractivity contribution is -0.139. The Kier molecular flexibility index (Phi) is 7.47. The van der Waals surface area contributed by atoms with Gasteiger partial charge in [0.05, 0.1) is 28.5 Å². The molecule has 8 heteroatoms. The molecule has 2 aromatic heterocycles. The summed E-state index contributed by atoms with van der Waals surface area (Å²) in [5.74, 6) is -0.461. The molecule has 0 N–H and O–H groups in total. The molecular formula is C34H30ClN3O3S. The van der Waals surface area contributed by atoms with Crippen molar-refractivity contribution in [2.75, 3.05) is 6.61 Å². The van der Waals surface area contributed by atoms with E-state index in [1.54, 1.807) is 18.4 Å². The summed E-state index contributed by atoms with van der Waals surface area (Å²) in [6.45, 7) is 8.49. The van der Waals surface area contributed by atoms with Gasteiger partial charge in [-0.1, -0.05) is 89.2 Å². The second-order valence-corrected chi connectivity index (χ2v) is 11.8. The fraction of sp³-hybridized carbons (Fsp3) is 0.206. The van der Waals surface area contributed by atoms with Crippen LogP contribution in [0.5, 0.6) is 0 Å². The fourth-order valence-corrected chi connectivity index (χ4v) is 6.85. The van der Waals surface area contributed by atoms with E-state index in [4.69, 9.17) is 21.3 Å². The zero-order valence-electron chi connectivity index (χ0n) is 23.8.